The smallest absolute Gasteiger partial charge is 0.264 e. The van der Waals surface area contributed by atoms with Gasteiger partial charge < -0.3 is 9.64 Å². The number of carbonyl (C=O) groups is 1. The van der Waals surface area contributed by atoms with Crippen molar-refractivity contribution in [3.05, 3.63) is 75.8 Å². The molecule has 1 aliphatic rings. The summed E-state index contributed by atoms with van der Waals surface area (Å²) in [5.41, 5.74) is 2.96. The molecule has 0 aliphatic carbocycles. The third kappa shape index (κ3) is 3.57. The van der Waals surface area contributed by atoms with Gasteiger partial charge in [-0.15, -0.1) is 11.3 Å². The zero-order valence-corrected chi connectivity index (χ0v) is 19.8. The maximum Gasteiger partial charge on any atom is 0.264 e. The SMILES string of the molecule is COc1cccc(C2(C)CCN(C(=O)c3cc4c(C)nn(-c5ccc(Cl)cc5)c4s3)C2)c1. The van der Waals surface area contributed by atoms with Crippen molar-refractivity contribution >= 4 is 39.1 Å². The number of aromatic nitrogens is 2. The molecule has 0 N–H and O–H groups in total. The summed E-state index contributed by atoms with van der Waals surface area (Å²) in [5.74, 6) is 0.931. The maximum absolute atomic E-state index is 13.4. The summed E-state index contributed by atoms with van der Waals surface area (Å²) in [4.78, 5) is 17.1. The Labute approximate surface area is 196 Å². The minimum Gasteiger partial charge on any atom is -0.497 e. The van der Waals surface area contributed by atoms with Crippen LogP contribution in [0.3, 0.4) is 0 Å². The lowest BCUT2D eigenvalue weighted by atomic mass is 9.82. The normalized spacial score (nSPS) is 18.4. The van der Waals surface area contributed by atoms with Crippen LogP contribution in [0.25, 0.3) is 15.9 Å². The molecule has 1 amide bonds. The minimum atomic E-state index is -0.0864. The predicted molar refractivity (Wildman–Crippen MR) is 130 cm³/mol. The zero-order valence-electron chi connectivity index (χ0n) is 18.3. The van der Waals surface area contributed by atoms with E-state index in [1.165, 1.54) is 16.9 Å². The van der Waals surface area contributed by atoms with Crippen LogP contribution in [0.2, 0.25) is 5.02 Å². The average molecular weight is 466 g/mol. The first-order chi connectivity index (χ1) is 15.4. The highest BCUT2D eigenvalue weighted by Crippen LogP contribution is 2.38. The van der Waals surface area contributed by atoms with Gasteiger partial charge in [0.25, 0.3) is 5.91 Å². The van der Waals surface area contributed by atoms with Crippen LogP contribution in [0.1, 0.15) is 34.3 Å². The number of ether oxygens (including phenoxy) is 1. The Kier molecular flexibility index (Phi) is 5.22. The molecule has 1 saturated heterocycles. The van der Waals surface area contributed by atoms with Crippen LogP contribution in [-0.4, -0.2) is 40.8 Å². The first-order valence-corrected chi connectivity index (χ1v) is 11.8. The predicted octanol–water partition coefficient (Wildman–Crippen LogP) is 5.86. The van der Waals surface area contributed by atoms with Gasteiger partial charge in [0.2, 0.25) is 0 Å². The zero-order chi connectivity index (χ0) is 22.5. The fourth-order valence-electron chi connectivity index (χ4n) is 4.43. The van der Waals surface area contributed by atoms with E-state index >= 15 is 0 Å². The Morgan fingerprint density at radius 3 is 2.72 bits per heavy atom. The number of hydrogen-bond donors (Lipinski definition) is 0. The summed E-state index contributed by atoms with van der Waals surface area (Å²) >= 11 is 7.54. The highest BCUT2D eigenvalue weighted by atomic mass is 35.5. The van der Waals surface area contributed by atoms with E-state index in [0.29, 0.717) is 11.6 Å². The maximum atomic E-state index is 13.4. The van der Waals surface area contributed by atoms with E-state index in [1.54, 1.807) is 7.11 Å². The molecule has 2 aromatic heterocycles. The quantitative estimate of drug-likeness (QED) is 0.379. The third-order valence-electron chi connectivity index (χ3n) is 6.35. The molecule has 5 rings (SSSR count). The first kappa shape index (κ1) is 21.0. The molecule has 1 aliphatic heterocycles. The van der Waals surface area contributed by atoms with Crippen LogP contribution in [0.5, 0.6) is 5.75 Å². The molecule has 164 valence electrons. The van der Waals surface area contributed by atoms with Gasteiger partial charge in [-0.2, -0.15) is 5.10 Å². The molecule has 7 heteroatoms. The standard InChI is InChI=1S/C25H24ClN3O2S/c1-16-21-14-22(32-24(21)29(27-16)19-9-7-18(26)8-10-19)23(30)28-12-11-25(2,15-28)17-5-4-6-20(13-17)31-3/h4-10,13-14H,11-12,15H2,1-3H3. The van der Waals surface area contributed by atoms with Gasteiger partial charge in [-0.25, -0.2) is 4.68 Å². The molecule has 0 bridgehead atoms. The number of carbonyl (C=O) groups excluding carboxylic acids is 1. The topological polar surface area (TPSA) is 47.4 Å². The van der Waals surface area contributed by atoms with Gasteiger partial charge in [-0.05, 0) is 61.4 Å². The number of likely N-dealkylation sites (tertiary alicyclic amines) is 1. The largest absolute Gasteiger partial charge is 0.497 e. The number of hydrogen-bond acceptors (Lipinski definition) is 4. The summed E-state index contributed by atoms with van der Waals surface area (Å²) in [6.07, 6.45) is 0.925. The molecule has 2 aromatic carbocycles. The van der Waals surface area contributed by atoms with E-state index in [1.807, 2.05) is 59.0 Å². The summed E-state index contributed by atoms with van der Waals surface area (Å²) in [7, 11) is 1.68. The number of methoxy groups -OCH3 is 1. The van der Waals surface area contributed by atoms with Crippen molar-refractivity contribution in [1.29, 1.82) is 0 Å². The molecule has 5 nitrogen and oxygen atoms in total. The number of benzene rings is 2. The van der Waals surface area contributed by atoms with Crippen molar-refractivity contribution in [2.24, 2.45) is 0 Å². The molecule has 1 fully saturated rings. The Morgan fingerprint density at radius 1 is 1.19 bits per heavy atom. The number of thiophene rings is 1. The molecule has 0 saturated carbocycles. The molecular weight excluding hydrogens is 442 g/mol. The van der Waals surface area contributed by atoms with Gasteiger partial charge in [0.05, 0.1) is 23.4 Å². The van der Waals surface area contributed by atoms with Crippen LogP contribution in [0.4, 0.5) is 0 Å². The van der Waals surface area contributed by atoms with Gasteiger partial charge in [-0.1, -0.05) is 30.7 Å². The number of rotatable bonds is 4. The van der Waals surface area contributed by atoms with Crippen molar-refractivity contribution in [2.45, 2.75) is 25.7 Å². The molecule has 3 heterocycles. The molecule has 4 aromatic rings. The molecule has 1 atom stereocenters. The van der Waals surface area contributed by atoms with Gasteiger partial charge in [0.1, 0.15) is 10.6 Å². The second-order valence-corrected chi connectivity index (χ2v) is 10.0. The van der Waals surface area contributed by atoms with Crippen molar-refractivity contribution in [3.8, 4) is 11.4 Å². The Bertz CT molecular complexity index is 1310. The first-order valence-electron chi connectivity index (χ1n) is 10.6. The fraction of sp³-hybridized carbons (Fsp3) is 0.280. The van der Waals surface area contributed by atoms with Crippen molar-refractivity contribution in [1.82, 2.24) is 14.7 Å². The van der Waals surface area contributed by atoms with Crippen LogP contribution in [0.15, 0.2) is 54.6 Å². The monoisotopic (exact) mass is 465 g/mol. The Hall–Kier alpha value is -2.83. The fourth-order valence-corrected chi connectivity index (χ4v) is 5.71. The summed E-state index contributed by atoms with van der Waals surface area (Å²) < 4.78 is 7.29. The Morgan fingerprint density at radius 2 is 1.97 bits per heavy atom. The van der Waals surface area contributed by atoms with E-state index in [9.17, 15) is 4.79 Å². The number of nitrogens with zero attached hydrogens (tertiary/aromatic N) is 3. The number of aryl methyl sites for hydroxylation is 1. The third-order valence-corrected chi connectivity index (χ3v) is 7.70. The van der Waals surface area contributed by atoms with E-state index in [4.69, 9.17) is 16.3 Å². The highest BCUT2D eigenvalue weighted by Gasteiger charge is 2.38. The lowest BCUT2D eigenvalue weighted by molar-refractivity contribution is 0.0789. The number of halogens is 1. The van der Waals surface area contributed by atoms with Crippen LogP contribution in [0, 0.1) is 6.92 Å². The second-order valence-electron chi connectivity index (χ2n) is 8.57. The van der Waals surface area contributed by atoms with Crippen molar-refractivity contribution in [2.75, 3.05) is 20.2 Å². The highest BCUT2D eigenvalue weighted by molar-refractivity contribution is 7.20. The van der Waals surface area contributed by atoms with Gasteiger partial charge in [-0.3, -0.25) is 4.79 Å². The lowest BCUT2D eigenvalue weighted by Crippen LogP contribution is -2.32. The molecule has 1 unspecified atom stereocenters. The molecule has 0 spiro atoms. The van der Waals surface area contributed by atoms with Crippen molar-refractivity contribution in [3.63, 3.8) is 0 Å². The number of amides is 1. The number of fused-ring (bicyclic) bond motifs is 1. The minimum absolute atomic E-state index is 0.0832. The van der Waals surface area contributed by atoms with E-state index in [2.05, 4.69) is 24.2 Å². The van der Waals surface area contributed by atoms with E-state index < -0.39 is 0 Å². The average Bonchev–Trinajstić information content (AvgIpc) is 3.50. The molecular formula is C25H24ClN3O2S. The van der Waals surface area contributed by atoms with E-state index in [-0.39, 0.29) is 11.3 Å². The summed E-state index contributed by atoms with van der Waals surface area (Å²) in [5, 5.41) is 6.37. The van der Waals surface area contributed by atoms with Gasteiger partial charge in [0, 0.05) is 28.9 Å². The van der Waals surface area contributed by atoms with Crippen molar-refractivity contribution < 1.29 is 9.53 Å². The van der Waals surface area contributed by atoms with Crippen LogP contribution in [-0.2, 0) is 5.41 Å². The summed E-state index contributed by atoms with van der Waals surface area (Å²) in [6, 6.07) is 17.7. The second kappa shape index (κ2) is 7.94. The van der Waals surface area contributed by atoms with Crippen LogP contribution >= 0.6 is 22.9 Å². The molecule has 32 heavy (non-hydrogen) atoms. The lowest BCUT2D eigenvalue weighted by Gasteiger charge is -2.25. The molecule has 0 radical (unpaired) electrons. The van der Waals surface area contributed by atoms with Crippen LogP contribution < -0.4 is 4.74 Å². The Balaban J connectivity index is 1.43. The van der Waals surface area contributed by atoms with Gasteiger partial charge in [0.15, 0.2) is 0 Å². The van der Waals surface area contributed by atoms with E-state index in [0.717, 1.165) is 45.2 Å². The van der Waals surface area contributed by atoms with Gasteiger partial charge >= 0.3 is 0 Å². The summed E-state index contributed by atoms with van der Waals surface area (Å²) in [6.45, 7) is 5.63.